The Morgan fingerprint density at radius 1 is 0.712 bits per heavy atom. The van der Waals surface area contributed by atoms with E-state index in [2.05, 4.69) is 57.7 Å². The molecule has 6 heterocycles. The molecule has 66 heavy (non-hydrogen) atoms. The van der Waals surface area contributed by atoms with Gasteiger partial charge in [-0.3, -0.25) is 4.79 Å². The molecule has 3 aliphatic heterocycles. The lowest BCUT2D eigenvalue weighted by Gasteiger charge is -2.24. The molecule has 3 atom stereocenters. The minimum atomic E-state index is -0.515. The zero-order valence-electron chi connectivity index (χ0n) is 36.3. The SMILES string of the molecule is C=CC(=O)N1CCC(Nc2cc(Oc3ccc(F)c(Cl)c3)ncn2)C1.CC(C)(C)OC(=O)N1CCC(Nc2cc(Cl)ncn2)C1.Fc1ccc(Oc2cc(NC3CCNC3)ncn2)cc1Cl. The highest BCUT2D eigenvalue weighted by Gasteiger charge is 2.30. The van der Waals surface area contributed by atoms with E-state index in [0.717, 1.165) is 32.4 Å². The van der Waals surface area contributed by atoms with Crippen LogP contribution in [0.2, 0.25) is 15.2 Å². The predicted octanol–water partition coefficient (Wildman–Crippen LogP) is 8.65. The number of likely N-dealkylation sites (tertiary alicyclic amines) is 2. The normalized spacial score (nSPS) is 17.7. The van der Waals surface area contributed by atoms with Gasteiger partial charge in [-0.25, -0.2) is 43.5 Å². The van der Waals surface area contributed by atoms with Crippen molar-refractivity contribution in [3.05, 3.63) is 113 Å². The molecule has 3 fully saturated rings. The molecule has 22 heteroatoms. The van der Waals surface area contributed by atoms with Crippen molar-refractivity contribution in [2.75, 3.05) is 55.2 Å². The average molecular weight is 970 g/mol. The monoisotopic (exact) mass is 968 g/mol. The van der Waals surface area contributed by atoms with Gasteiger partial charge in [-0.1, -0.05) is 41.4 Å². The summed E-state index contributed by atoms with van der Waals surface area (Å²) in [5.41, 5.74) is -0.469. The number of rotatable bonds is 11. The number of hydrogen-bond donors (Lipinski definition) is 4. The van der Waals surface area contributed by atoms with Crippen LogP contribution in [0.1, 0.15) is 40.0 Å². The van der Waals surface area contributed by atoms with Crippen LogP contribution in [0.15, 0.2) is 86.2 Å². The van der Waals surface area contributed by atoms with Crippen molar-refractivity contribution >= 4 is 64.3 Å². The van der Waals surface area contributed by atoms with Crippen LogP contribution in [0.3, 0.4) is 0 Å². The maximum atomic E-state index is 13.2. The molecule has 5 aromatic rings. The van der Waals surface area contributed by atoms with Crippen LogP contribution >= 0.6 is 34.8 Å². The third-order valence-electron chi connectivity index (χ3n) is 9.78. The van der Waals surface area contributed by atoms with Gasteiger partial charge in [-0.2, -0.15) is 0 Å². The second kappa shape index (κ2) is 23.3. The van der Waals surface area contributed by atoms with E-state index in [4.69, 9.17) is 49.0 Å². The summed E-state index contributed by atoms with van der Waals surface area (Å²) >= 11 is 17.3. The third-order valence-corrected chi connectivity index (χ3v) is 10.6. The van der Waals surface area contributed by atoms with E-state index in [0.29, 0.717) is 78.1 Å². The zero-order chi connectivity index (χ0) is 47.2. The van der Waals surface area contributed by atoms with Crippen molar-refractivity contribution in [3.63, 3.8) is 0 Å². The molecule has 8 rings (SSSR count). The maximum absolute atomic E-state index is 13.2. The van der Waals surface area contributed by atoms with Crippen LogP contribution < -0.4 is 30.7 Å². The number of nitrogens with zero attached hydrogens (tertiary/aromatic N) is 8. The van der Waals surface area contributed by atoms with Crippen molar-refractivity contribution in [1.82, 2.24) is 45.0 Å². The standard InChI is InChI=1S/C17H16ClFN4O2.C14H14ClFN4O.C13H19ClN4O2/c1-2-17(24)23-6-5-11(9-23)22-15-8-16(21-10-20-15)25-12-3-4-14(19)13(18)7-12;15-11-5-10(1-2-12(11)16)21-14-6-13(18-8-19-14)20-9-3-4-17-7-9;1-13(2,3)20-12(19)18-5-4-9(7-18)17-11-6-10(14)15-8-16-11/h2-4,7-8,10-11H,1,5-6,9H2,(H,20,21,22);1-2,5-6,8-9,17H,3-4,7H2,(H,18,19,20);6,8-9H,4-5,7H2,1-3H3,(H,15,16,17). The van der Waals surface area contributed by atoms with Crippen LogP contribution in [-0.2, 0) is 9.53 Å². The van der Waals surface area contributed by atoms with Gasteiger partial charge < -0.3 is 45.3 Å². The quantitative estimate of drug-likeness (QED) is 0.0725. The summed E-state index contributed by atoms with van der Waals surface area (Å²) in [4.78, 5) is 51.3. The van der Waals surface area contributed by atoms with Crippen LogP contribution in [0.4, 0.5) is 31.0 Å². The molecular formula is C44H49Cl3F2N12O5. The number of hydrogen-bond acceptors (Lipinski definition) is 15. The first-order valence-electron chi connectivity index (χ1n) is 20.9. The number of benzene rings is 2. The lowest BCUT2D eigenvalue weighted by Crippen LogP contribution is -2.36. The van der Waals surface area contributed by atoms with Gasteiger partial charge in [-0.15, -0.1) is 0 Å². The first-order chi connectivity index (χ1) is 31.6. The Morgan fingerprint density at radius 2 is 1.21 bits per heavy atom. The largest absolute Gasteiger partial charge is 0.444 e. The van der Waals surface area contributed by atoms with Crippen LogP contribution in [-0.4, -0.2) is 115 Å². The average Bonchev–Trinajstić information content (AvgIpc) is 4.08. The molecule has 3 aliphatic rings. The summed E-state index contributed by atoms with van der Waals surface area (Å²) < 4.78 is 42.8. The highest BCUT2D eigenvalue weighted by atomic mass is 35.5. The van der Waals surface area contributed by atoms with E-state index in [1.165, 1.54) is 61.5 Å². The second-order valence-electron chi connectivity index (χ2n) is 16.1. The Labute approximate surface area is 395 Å². The van der Waals surface area contributed by atoms with Crippen molar-refractivity contribution < 1.29 is 32.6 Å². The van der Waals surface area contributed by atoms with Gasteiger partial charge in [0.2, 0.25) is 17.7 Å². The van der Waals surface area contributed by atoms with E-state index in [1.54, 1.807) is 28.0 Å². The van der Waals surface area contributed by atoms with Crippen LogP contribution in [0.5, 0.6) is 23.3 Å². The zero-order valence-corrected chi connectivity index (χ0v) is 38.6. The van der Waals surface area contributed by atoms with Gasteiger partial charge in [0.25, 0.3) is 0 Å². The van der Waals surface area contributed by atoms with Crippen LogP contribution in [0.25, 0.3) is 0 Å². The molecule has 0 saturated carbocycles. The van der Waals surface area contributed by atoms with E-state index >= 15 is 0 Å². The van der Waals surface area contributed by atoms with Crippen molar-refractivity contribution in [3.8, 4) is 23.3 Å². The number of carbonyl (C=O) groups excluding carboxylic acids is 2. The number of nitrogens with one attached hydrogen (secondary N) is 4. The fourth-order valence-corrected chi connectivity index (χ4v) is 7.15. The number of amides is 2. The summed E-state index contributed by atoms with van der Waals surface area (Å²) in [5.74, 6) is 2.34. The summed E-state index contributed by atoms with van der Waals surface area (Å²) in [5, 5.41) is 13.5. The molecule has 3 unspecified atom stereocenters. The third kappa shape index (κ3) is 15.5. The van der Waals surface area contributed by atoms with Gasteiger partial charge in [0.15, 0.2) is 0 Å². The molecular weight excluding hydrogens is 921 g/mol. The van der Waals surface area contributed by atoms with Gasteiger partial charge >= 0.3 is 6.09 Å². The highest BCUT2D eigenvalue weighted by Crippen LogP contribution is 2.28. The molecule has 2 aromatic carbocycles. The summed E-state index contributed by atoms with van der Waals surface area (Å²) in [6.45, 7) is 13.5. The van der Waals surface area contributed by atoms with Gasteiger partial charge in [0, 0.05) is 81.2 Å². The fraction of sp³-hybridized carbons (Fsp3) is 0.364. The highest BCUT2D eigenvalue weighted by molar-refractivity contribution is 6.31. The number of halogens is 5. The Bertz CT molecular complexity index is 2450. The Morgan fingerprint density at radius 3 is 1.70 bits per heavy atom. The van der Waals surface area contributed by atoms with Gasteiger partial charge in [0.05, 0.1) is 10.0 Å². The van der Waals surface area contributed by atoms with E-state index < -0.39 is 17.2 Å². The smallest absolute Gasteiger partial charge is 0.410 e. The van der Waals surface area contributed by atoms with Crippen molar-refractivity contribution in [2.24, 2.45) is 0 Å². The molecule has 3 saturated heterocycles. The first-order valence-corrected chi connectivity index (χ1v) is 22.0. The molecule has 0 bridgehead atoms. The number of aromatic nitrogens is 6. The summed E-state index contributed by atoms with van der Waals surface area (Å²) in [7, 11) is 0. The molecule has 350 valence electrons. The lowest BCUT2D eigenvalue weighted by molar-refractivity contribution is -0.125. The second-order valence-corrected chi connectivity index (χ2v) is 17.3. The Kier molecular flexibility index (Phi) is 17.4. The summed E-state index contributed by atoms with van der Waals surface area (Å²) in [6, 6.07) is 13.8. The number of anilines is 3. The maximum Gasteiger partial charge on any atom is 0.410 e. The fourth-order valence-electron chi connectivity index (χ4n) is 6.67. The molecule has 3 aromatic heterocycles. The topological polar surface area (TPSA) is 194 Å². The van der Waals surface area contributed by atoms with Crippen LogP contribution in [0, 0.1) is 11.6 Å². The van der Waals surface area contributed by atoms with Crippen molar-refractivity contribution in [2.45, 2.75) is 63.8 Å². The minimum absolute atomic E-state index is 0.0111. The first kappa shape index (κ1) is 49.3. The van der Waals surface area contributed by atoms with Gasteiger partial charge in [-0.05, 0) is 76.9 Å². The van der Waals surface area contributed by atoms with E-state index in [1.807, 2.05) is 20.8 Å². The molecule has 2 amide bonds. The molecule has 17 nitrogen and oxygen atoms in total. The minimum Gasteiger partial charge on any atom is -0.444 e. The Balaban J connectivity index is 0.000000165. The Hall–Kier alpha value is -6.15. The lowest BCUT2D eigenvalue weighted by atomic mass is 10.2. The molecule has 0 spiro atoms. The van der Waals surface area contributed by atoms with E-state index in [9.17, 15) is 18.4 Å². The molecule has 0 aliphatic carbocycles. The van der Waals surface area contributed by atoms with Crippen molar-refractivity contribution in [1.29, 1.82) is 0 Å². The number of ether oxygens (including phenoxy) is 3. The summed E-state index contributed by atoms with van der Waals surface area (Å²) in [6.07, 6.45) is 7.94. The van der Waals surface area contributed by atoms with E-state index in [-0.39, 0.29) is 34.1 Å². The van der Waals surface area contributed by atoms with Gasteiger partial charge in [0.1, 0.15) is 70.3 Å². The molecule has 4 N–H and O–H groups in total. The number of carbonyl (C=O) groups is 2. The predicted molar refractivity (Wildman–Crippen MR) is 248 cm³/mol. The molecule has 0 radical (unpaired) electrons.